The molecule has 2 aromatic rings. The first-order valence-electron chi connectivity index (χ1n) is 9.31. The van der Waals surface area contributed by atoms with Gasteiger partial charge in [0, 0.05) is 12.1 Å². The molecule has 1 aliphatic rings. The van der Waals surface area contributed by atoms with Crippen LogP contribution in [0, 0.1) is 10.1 Å². The second-order valence-corrected chi connectivity index (χ2v) is 6.90. The van der Waals surface area contributed by atoms with Gasteiger partial charge in [-0.05, 0) is 48.9 Å². The highest BCUT2D eigenvalue weighted by atomic mass is 16.6. The van der Waals surface area contributed by atoms with Gasteiger partial charge in [-0.3, -0.25) is 19.7 Å². The summed E-state index contributed by atoms with van der Waals surface area (Å²) in [6, 6.07) is 9.81. The lowest BCUT2D eigenvalue weighted by Gasteiger charge is -2.15. The molecule has 152 valence electrons. The van der Waals surface area contributed by atoms with Crippen molar-refractivity contribution in [2.24, 2.45) is 0 Å². The molecule has 29 heavy (non-hydrogen) atoms. The van der Waals surface area contributed by atoms with Gasteiger partial charge in [-0.25, -0.2) is 0 Å². The predicted molar refractivity (Wildman–Crippen MR) is 106 cm³/mol. The molecule has 0 fully saturated rings. The molecule has 0 heterocycles. The van der Waals surface area contributed by atoms with Crippen LogP contribution in [0.3, 0.4) is 0 Å². The van der Waals surface area contributed by atoms with Crippen molar-refractivity contribution >= 4 is 23.3 Å². The Balaban J connectivity index is 1.61. The van der Waals surface area contributed by atoms with E-state index in [4.69, 9.17) is 9.47 Å². The van der Waals surface area contributed by atoms with Crippen LogP contribution in [0.25, 0.3) is 0 Å². The van der Waals surface area contributed by atoms with Crippen LogP contribution in [0.4, 0.5) is 11.4 Å². The van der Waals surface area contributed by atoms with E-state index in [0.29, 0.717) is 0 Å². The number of esters is 1. The summed E-state index contributed by atoms with van der Waals surface area (Å²) < 4.78 is 10.3. The van der Waals surface area contributed by atoms with Gasteiger partial charge in [0.05, 0.1) is 24.1 Å². The van der Waals surface area contributed by atoms with E-state index in [1.165, 1.54) is 43.4 Å². The first-order valence-corrected chi connectivity index (χ1v) is 9.31. The molecule has 0 radical (unpaired) electrons. The molecule has 0 saturated heterocycles. The number of fused-ring (bicyclic) bond motifs is 1. The Labute approximate surface area is 168 Å². The summed E-state index contributed by atoms with van der Waals surface area (Å²) in [4.78, 5) is 35.0. The van der Waals surface area contributed by atoms with Crippen LogP contribution < -0.4 is 10.1 Å². The second-order valence-electron chi connectivity index (χ2n) is 6.90. The van der Waals surface area contributed by atoms with Gasteiger partial charge in [0.1, 0.15) is 5.75 Å². The van der Waals surface area contributed by atoms with Crippen molar-refractivity contribution in [3.05, 3.63) is 63.2 Å². The minimum absolute atomic E-state index is 0.0744. The summed E-state index contributed by atoms with van der Waals surface area (Å²) in [5.41, 5.74) is 3.37. The van der Waals surface area contributed by atoms with Gasteiger partial charge in [-0.2, -0.15) is 0 Å². The molecule has 0 unspecified atom stereocenters. The number of non-ortho nitro benzene ring substituents is 1. The summed E-state index contributed by atoms with van der Waals surface area (Å²) in [5, 5.41) is 13.5. The number of carbonyl (C=O) groups is 2. The van der Waals surface area contributed by atoms with E-state index in [0.717, 1.165) is 24.8 Å². The molecule has 0 saturated carbocycles. The van der Waals surface area contributed by atoms with Crippen molar-refractivity contribution in [1.29, 1.82) is 0 Å². The molecule has 8 heteroatoms. The summed E-state index contributed by atoms with van der Waals surface area (Å²) in [6.07, 6.45) is 2.22. The number of ether oxygens (including phenoxy) is 2. The highest BCUT2D eigenvalue weighted by molar-refractivity contribution is 5.96. The number of nitro benzene ring substituents is 1. The lowest BCUT2D eigenvalue weighted by atomic mass is 10.0. The molecule has 0 bridgehead atoms. The van der Waals surface area contributed by atoms with Gasteiger partial charge in [-0.1, -0.05) is 18.2 Å². The highest BCUT2D eigenvalue weighted by Gasteiger charge is 2.21. The Morgan fingerprint density at radius 3 is 2.66 bits per heavy atom. The third kappa shape index (κ3) is 4.90. The lowest BCUT2D eigenvalue weighted by molar-refractivity contribution is -0.384. The maximum absolute atomic E-state index is 12.4. The van der Waals surface area contributed by atoms with Crippen LogP contribution in [-0.4, -0.2) is 30.0 Å². The number of anilines is 1. The van der Waals surface area contributed by atoms with E-state index in [1.807, 2.05) is 18.2 Å². The van der Waals surface area contributed by atoms with Crippen LogP contribution in [0.15, 0.2) is 36.4 Å². The molecule has 3 rings (SSSR count). The lowest BCUT2D eigenvalue weighted by Crippen LogP contribution is -2.30. The third-order valence-electron chi connectivity index (χ3n) is 4.84. The van der Waals surface area contributed by atoms with Crippen molar-refractivity contribution in [1.82, 2.24) is 0 Å². The number of carbonyl (C=O) groups excluding carboxylic acids is 2. The maximum atomic E-state index is 12.4. The van der Waals surface area contributed by atoms with Crippen LogP contribution in [0.2, 0.25) is 0 Å². The number of hydrogen-bond acceptors (Lipinski definition) is 6. The van der Waals surface area contributed by atoms with E-state index >= 15 is 0 Å². The number of nitrogens with one attached hydrogen (secondary N) is 1. The van der Waals surface area contributed by atoms with E-state index in [1.54, 1.807) is 0 Å². The van der Waals surface area contributed by atoms with Gasteiger partial charge >= 0.3 is 5.97 Å². The van der Waals surface area contributed by atoms with Crippen molar-refractivity contribution in [2.45, 2.75) is 38.7 Å². The highest BCUT2D eigenvalue weighted by Crippen LogP contribution is 2.29. The SMILES string of the molecule is COc1ccc([N+](=O)[O-])cc1NC(=O)[C@@H](C)OC(=O)Cc1ccc2c(c1)CCC2. The third-order valence-corrected chi connectivity index (χ3v) is 4.84. The summed E-state index contributed by atoms with van der Waals surface area (Å²) in [5.74, 6) is -0.858. The second kappa shape index (κ2) is 8.72. The first-order chi connectivity index (χ1) is 13.9. The van der Waals surface area contributed by atoms with E-state index < -0.39 is 22.9 Å². The molecule has 1 N–H and O–H groups in total. The monoisotopic (exact) mass is 398 g/mol. The Bertz CT molecular complexity index is 956. The molecule has 0 spiro atoms. The standard InChI is InChI=1S/C21H22N2O6/c1-13(21(25)22-18-12-17(23(26)27)8-9-19(18)28-2)29-20(24)11-14-6-7-15-4-3-5-16(15)10-14/h6-10,12-13H,3-5,11H2,1-2H3,(H,22,25)/t13-/m1/s1. The summed E-state index contributed by atoms with van der Waals surface area (Å²) in [6.45, 7) is 1.44. The van der Waals surface area contributed by atoms with E-state index in [2.05, 4.69) is 5.32 Å². The zero-order valence-corrected chi connectivity index (χ0v) is 16.3. The van der Waals surface area contributed by atoms with Crippen LogP contribution in [-0.2, 0) is 33.6 Å². The topological polar surface area (TPSA) is 108 Å². The number of aryl methyl sites for hydroxylation is 2. The largest absolute Gasteiger partial charge is 0.495 e. The van der Waals surface area contributed by atoms with Crippen molar-refractivity contribution < 1.29 is 24.0 Å². The zero-order valence-electron chi connectivity index (χ0n) is 16.3. The Hall–Kier alpha value is -3.42. The van der Waals surface area contributed by atoms with E-state index in [9.17, 15) is 19.7 Å². The molecule has 2 aromatic carbocycles. The van der Waals surface area contributed by atoms with Crippen LogP contribution in [0.5, 0.6) is 5.75 Å². The van der Waals surface area contributed by atoms with Crippen molar-refractivity contribution in [2.75, 3.05) is 12.4 Å². The fourth-order valence-corrected chi connectivity index (χ4v) is 3.34. The molecular weight excluding hydrogens is 376 g/mol. The fourth-order valence-electron chi connectivity index (χ4n) is 3.34. The minimum atomic E-state index is -1.07. The number of nitro groups is 1. The molecule has 1 amide bonds. The number of amides is 1. The quantitative estimate of drug-likeness (QED) is 0.436. The number of hydrogen-bond donors (Lipinski definition) is 1. The van der Waals surface area contributed by atoms with Crippen LogP contribution >= 0.6 is 0 Å². The number of methoxy groups -OCH3 is 1. The smallest absolute Gasteiger partial charge is 0.311 e. The van der Waals surface area contributed by atoms with Gasteiger partial charge < -0.3 is 14.8 Å². The number of rotatable bonds is 7. The van der Waals surface area contributed by atoms with Gasteiger partial charge in [-0.15, -0.1) is 0 Å². The molecule has 1 atom stereocenters. The normalized spacial score (nSPS) is 13.3. The van der Waals surface area contributed by atoms with E-state index in [-0.39, 0.29) is 23.5 Å². The van der Waals surface area contributed by atoms with Gasteiger partial charge in [0.15, 0.2) is 6.10 Å². The summed E-state index contributed by atoms with van der Waals surface area (Å²) >= 11 is 0. The molecule has 1 aliphatic carbocycles. The Morgan fingerprint density at radius 1 is 1.17 bits per heavy atom. The molecule has 8 nitrogen and oxygen atoms in total. The molecular formula is C21H22N2O6. The number of benzene rings is 2. The van der Waals surface area contributed by atoms with Crippen molar-refractivity contribution in [3.8, 4) is 5.75 Å². The molecule has 0 aromatic heterocycles. The Kier molecular flexibility index (Phi) is 6.11. The number of nitrogens with zero attached hydrogens (tertiary/aromatic N) is 1. The predicted octanol–water partition coefficient (Wildman–Crippen LogP) is 3.21. The van der Waals surface area contributed by atoms with Gasteiger partial charge in [0.25, 0.3) is 11.6 Å². The average molecular weight is 398 g/mol. The molecule has 0 aliphatic heterocycles. The first kappa shape index (κ1) is 20.3. The average Bonchev–Trinajstić information content (AvgIpc) is 3.15. The maximum Gasteiger partial charge on any atom is 0.311 e. The van der Waals surface area contributed by atoms with Crippen LogP contribution in [0.1, 0.15) is 30.0 Å². The summed E-state index contributed by atoms with van der Waals surface area (Å²) in [7, 11) is 1.39. The fraction of sp³-hybridized carbons (Fsp3) is 0.333. The minimum Gasteiger partial charge on any atom is -0.495 e. The van der Waals surface area contributed by atoms with Gasteiger partial charge in [0.2, 0.25) is 0 Å². The van der Waals surface area contributed by atoms with Crippen molar-refractivity contribution in [3.63, 3.8) is 0 Å². The Morgan fingerprint density at radius 2 is 1.93 bits per heavy atom. The zero-order chi connectivity index (χ0) is 21.0.